The van der Waals surface area contributed by atoms with Gasteiger partial charge in [-0.3, -0.25) is 0 Å². The summed E-state index contributed by atoms with van der Waals surface area (Å²) in [6.45, 7) is 0.835. The molecule has 0 saturated carbocycles. The fraction of sp³-hybridized carbons (Fsp3) is 0.286. The van der Waals surface area contributed by atoms with Gasteiger partial charge < -0.3 is 14.8 Å². The van der Waals surface area contributed by atoms with E-state index in [4.69, 9.17) is 21.1 Å². The van der Waals surface area contributed by atoms with Gasteiger partial charge in [0.05, 0.1) is 6.61 Å². The van der Waals surface area contributed by atoms with Crippen molar-refractivity contribution in [3.8, 4) is 0 Å². The third-order valence-electron chi connectivity index (χ3n) is 2.59. The quantitative estimate of drug-likeness (QED) is 0.829. The first-order chi connectivity index (χ1) is 9.72. The summed E-state index contributed by atoms with van der Waals surface area (Å²) in [6, 6.07) is 9.53. The highest BCUT2D eigenvalue weighted by molar-refractivity contribution is 6.29. The summed E-state index contributed by atoms with van der Waals surface area (Å²) >= 11 is 5.98. The smallest absolute Gasteiger partial charge is 0.158 e. The summed E-state index contributed by atoms with van der Waals surface area (Å²) < 4.78 is 10.2. The number of anilines is 2. The second-order valence-corrected chi connectivity index (χ2v) is 4.53. The van der Waals surface area contributed by atoms with E-state index >= 15 is 0 Å². The number of hydrogen-bond acceptors (Lipinski definition) is 5. The highest BCUT2D eigenvalue weighted by atomic mass is 35.5. The molecule has 0 unspecified atom stereocenters. The van der Waals surface area contributed by atoms with Crippen molar-refractivity contribution in [1.82, 2.24) is 9.97 Å². The molecule has 5 nitrogen and oxygen atoms in total. The van der Waals surface area contributed by atoms with E-state index in [-0.39, 0.29) is 0 Å². The van der Waals surface area contributed by atoms with Gasteiger partial charge in [-0.1, -0.05) is 29.8 Å². The van der Waals surface area contributed by atoms with Crippen LogP contribution in [0.4, 0.5) is 11.5 Å². The zero-order valence-electron chi connectivity index (χ0n) is 11.4. The Balaban J connectivity index is 2.25. The van der Waals surface area contributed by atoms with Gasteiger partial charge in [0.25, 0.3) is 0 Å². The van der Waals surface area contributed by atoms with Crippen LogP contribution < -0.4 is 5.32 Å². The molecule has 0 amide bonds. The highest BCUT2D eigenvalue weighted by Crippen LogP contribution is 2.22. The number of aromatic nitrogens is 2. The number of ether oxygens (including phenoxy) is 2. The third-order valence-corrected chi connectivity index (χ3v) is 2.79. The zero-order valence-corrected chi connectivity index (χ0v) is 12.1. The summed E-state index contributed by atoms with van der Waals surface area (Å²) in [5, 5.41) is 3.60. The molecule has 2 aromatic rings. The van der Waals surface area contributed by atoms with E-state index in [1.165, 1.54) is 0 Å². The Morgan fingerprint density at radius 1 is 1.10 bits per heavy atom. The Morgan fingerprint density at radius 3 is 2.60 bits per heavy atom. The van der Waals surface area contributed by atoms with Gasteiger partial charge in [0.15, 0.2) is 5.82 Å². The molecule has 2 rings (SSSR count). The molecule has 1 N–H and O–H groups in total. The highest BCUT2D eigenvalue weighted by Gasteiger charge is 2.06. The van der Waals surface area contributed by atoms with E-state index in [9.17, 15) is 0 Å². The molecule has 0 fully saturated rings. The van der Waals surface area contributed by atoms with E-state index in [0.717, 1.165) is 11.3 Å². The lowest BCUT2D eigenvalue weighted by Gasteiger charge is -2.11. The average molecular weight is 294 g/mol. The zero-order chi connectivity index (χ0) is 14.4. The van der Waals surface area contributed by atoms with Gasteiger partial charge in [-0.15, -0.1) is 0 Å². The molecular formula is C14H16ClN3O2. The summed E-state index contributed by atoms with van der Waals surface area (Å²) in [4.78, 5) is 8.44. The number of para-hydroxylation sites is 1. The van der Waals surface area contributed by atoms with Gasteiger partial charge in [0, 0.05) is 31.5 Å². The lowest BCUT2D eigenvalue weighted by atomic mass is 10.2. The van der Waals surface area contributed by atoms with Crippen LogP contribution in [0.1, 0.15) is 11.4 Å². The molecule has 106 valence electrons. The molecule has 0 radical (unpaired) electrons. The molecule has 0 aliphatic heterocycles. The minimum absolute atomic E-state index is 0.314. The largest absolute Gasteiger partial charge is 0.380 e. The van der Waals surface area contributed by atoms with Crippen LogP contribution in [0.25, 0.3) is 0 Å². The molecule has 0 aliphatic carbocycles. The Morgan fingerprint density at radius 2 is 1.85 bits per heavy atom. The number of rotatable bonds is 6. The van der Waals surface area contributed by atoms with Crippen molar-refractivity contribution in [2.75, 3.05) is 19.5 Å². The van der Waals surface area contributed by atoms with E-state index in [2.05, 4.69) is 15.3 Å². The van der Waals surface area contributed by atoms with Crippen LogP contribution in [0.2, 0.25) is 5.15 Å². The van der Waals surface area contributed by atoms with Gasteiger partial charge in [0.2, 0.25) is 0 Å². The van der Waals surface area contributed by atoms with Crippen molar-refractivity contribution >= 4 is 23.1 Å². The van der Waals surface area contributed by atoms with E-state index in [0.29, 0.717) is 30.0 Å². The SMILES string of the molecule is COCc1nc(Cl)cc(Nc2ccccc2COC)n1. The molecule has 0 bridgehead atoms. The van der Waals surface area contributed by atoms with Crippen LogP contribution in [-0.4, -0.2) is 24.2 Å². The topological polar surface area (TPSA) is 56.3 Å². The van der Waals surface area contributed by atoms with Gasteiger partial charge in [-0.25, -0.2) is 9.97 Å². The Hall–Kier alpha value is -1.69. The summed E-state index contributed by atoms with van der Waals surface area (Å²) in [5.41, 5.74) is 1.96. The number of nitrogens with one attached hydrogen (secondary N) is 1. The first-order valence-electron chi connectivity index (χ1n) is 6.09. The first-order valence-corrected chi connectivity index (χ1v) is 6.47. The van der Waals surface area contributed by atoms with Gasteiger partial charge in [0.1, 0.15) is 17.6 Å². The second-order valence-electron chi connectivity index (χ2n) is 4.14. The summed E-state index contributed by atoms with van der Waals surface area (Å²) in [6.07, 6.45) is 0. The summed E-state index contributed by atoms with van der Waals surface area (Å²) in [7, 11) is 3.25. The van der Waals surface area contributed by atoms with Crippen molar-refractivity contribution in [2.24, 2.45) is 0 Å². The van der Waals surface area contributed by atoms with Gasteiger partial charge >= 0.3 is 0 Å². The standard InChI is InChI=1S/C14H16ClN3O2/c1-19-8-10-5-3-4-6-11(10)16-13-7-12(15)17-14(18-13)9-20-2/h3-7H,8-9H2,1-2H3,(H,16,17,18). The number of halogens is 1. The molecule has 1 aromatic carbocycles. The second kappa shape index (κ2) is 7.19. The maximum atomic E-state index is 5.98. The fourth-order valence-corrected chi connectivity index (χ4v) is 1.98. The minimum atomic E-state index is 0.314. The normalized spacial score (nSPS) is 10.6. The number of nitrogens with zero attached hydrogens (tertiary/aromatic N) is 2. The van der Waals surface area contributed by atoms with Crippen molar-refractivity contribution in [3.63, 3.8) is 0 Å². The predicted molar refractivity (Wildman–Crippen MR) is 78.2 cm³/mol. The van der Waals surface area contributed by atoms with Crippen LogP contribution in [0, 0.1) is 0 Å². The minimum Gasteiger partial charge on any atom is -0.380 e. The molecule has 0 spiro atoms. The van der Waals surface area contributed by atoms with Crippen molar-refractivity contribution in [2.45, 2.75) is 13.2 Å². The Kier molecular flexibility index (Phi) is 5.29. The third kappa shape index (κ3) is 3.90. The van der Waals surface area contributed by atoms with Crippen molar-refractivity contribution < 1.29 is 9.47 Å². The molecule has 0 aliphatic rings. The van der Waals surface area contributed by atoms with Crippen LogP contribution in [0.15, 0.2) is 30.3 Å². The number of benzene rings is 1. The number of hydrogen-bond donors (Lipinski definition) is 1. The maximum absolute atomic E-state index is 5.98. The molecular weight excluding hydrogens is 278 g/mol. The van der Waals surface area contributed by atoms with Gasteiger partial charge in [-0.2, -0.15) is 0 Å². The predicted octanol–water partition coefficient (Wildman–Crippen LogP) is 3.17. The molecule has 0 saturated heterocycles. The van der Waals surface area contributed by atoms with Crippen LogP contribution in [0.5, 0.6) is 0 Å². The lowest BCUT2D eigenvalue weighted by molar-refractivity contribution is 0.178. The van der Waals surface area contributed by atoms with Crippen LogP contribution >= 0.6 is 11.6 Å². The van der Waals surface area contributed by atoms with Crippen molar-refractivity contribution in [1.29, 1.82) is 0 Å². The van der Waals surface area contributed by atoms with E-state index < -0.39 is 0 Å². The maximum Gasteiger partial charge on any atom is 0.158 e. The molecule has 6 heteroatoms. The van der Waals surface area contributed by atoms with Gasteiger partial charge in [-0.05, 0) is 6.07 Å². The molecule has 20 heavy (non-hydrogen) atoms. The van der Waals surface area contributed by atoms with Crippen LogP contribution in [-0.2, 0) is 22.7 Å². The summed E-state index contributed by atoms with van der Waals surface area (Å²) in [5.74, 6) is 1.16. The monoisotopic (exact) mass is 293 g/mol. The first kappa shape index (κ1) is 14.7. The Labute approximate surface area is 122 Å². The number of methoxy groups -OCH3 is 2. The molecule has 1 aromatic heterocycles. The van der Waals surface area contributed by atoms with Crippen LogP contribution in [0.3, 0.4) is 0 Å². The van der Waals surface area contributed by atoms with Crippen molar-refractivity contribution in [3.05, 3.63) is 46.9 Å². The molecule has 1 heterocycles. The van der Waals surface area contributed by atoms with E-state index in [1.807, 2.05) is 24.3 Å². The fourth-order valence-electron chi connectivity index (χ4n) is 1.78. The average Bonchev–Trinajstić information content (AvgIpc) is 2.41. The Bertz CT molecular complexity index is 578. The molecule has 0 atom stereocenters. The van der Waals surface area contributed by atoms with E-state index in [1.54, 1.807) is 20.3 Å². The lowest BCUT2D eigenvalue weighted by Crippen LogP contribution is -2.03.